The zero-order chi connectivity index (χ0) is 10.2. The Balaban J connectivity index is 2.39. The van der Waals surface area contributed by atoms with Gasteiger partial charge < -0.3 is 0 Å². The summed E-state index contributed by atoms with van der Waals surface area (Å²) in [5, 5.41) is 0. The highest BCUT2D eigenvalue weighted by Crippen LogP contribution is 2.09. The van der Waals surface area contributed by atoms with Crippen LogP contribution in [0.2, 0.25) is 0 Å². The quantitative estimate of drug-likeness (QED) is 0.556. The predicted molar refractivity (Wildman–Crippen MR) is 56.1 cm³/mol. The predicted octanol–water partition coefficient (Wildman–Crippen LogP) is 2.82. The molecule has 1 rings (SSSR count). The maximum absolute atomic E-state index is 11.2. The van der Waals surface area contributed by atoms with Crippen LogP contribution in [-0.2, 0) is 9.59 Å². The van der Waals surface area contributed by atoms with Crippen LogP contribution in [0.5, 0.6) is 0 Å². The van der Waals surface area contributed by atoms with E-state index in [0.29, 0.717) is 37.2 Å². The van der Waals surface area contributed by atoms with Gasteiger partial charge in [0.25, 0.3) is 0 Å². The molecule has 1 aliphatic rings. The van der Waals surface area contributed by atoms with Gasteiger partial charge in [0.1, 0.15) is 11.6 Å². The second kappa shape index (κ2) is 6.52. The SMILES string of the molecule is O=C1C/C=C\CC(=O)CCCCCC1. The summed E-state index contributed by atoms with van der Waals surface area (Å²) in [7, 11) is 0. The Hall–Kier alpha value is -0.920. The first-order chi connectivity index (χ1) is 6.79. The van der Waals surface area contributed by atoms with Crippen LogP contribution in [0.4, 0.5) is 0 Å². The fourth-order valence-electron chi connectivity index (χ4n) is 1.63. The van der Waals surface area contributed by atoms with E-state index in [2.05, 4.69) is 0 Å². The van der Waals surface area contributed by atoms with E-state index in [1.54, 1.807) is 0 Å². The van der Waals surface area contributed by atoms with E-state index in [1.165, 1.54) is 0 Å². The number of hydrogen-bond donors (Lipinski definition) is 0. The normalized spacial score (nSPS) is 23.7. The van der Waals surface area contributed by atoms with Crippen molar-refractivity contribution in [2.75, 3.05) is 0 Å². The van der Waals surface area contributed by atoms with Crippen molar-refractivity contribution in [3.05, 3.63) is 12.2 Å². The van der Waals surface area contributed by atoms with Crippen molar-refractivity contribution in [1.29, 1.82) is 0 Å². The highest BCUT2D eigenvalue weighted by Gasteiger charge is 2.03. The molecular formula is C12H18O2. The van der Waals surface area contributed by atoms with Gasteiger partial charge in [-0.1, -0.05) is 25.0 Å². The average molecular weight is 194 g/mol. The Kier molecular flexibility index (Phi) is 5.20. The summed E-state index contributed by atoms with van der Waals surface area (Å²) in [6, 6.07) is 0. The van der Waals surface area contributed by atoms with Crippen molar-refractivity contribution in [3.63, 3.8) is 0 Å². The molecule has 1 aliphatic carbocycles. The highest BCUT2D eigenvalue weighted by atomic mass is 16.1. The monoisotopic (exact) mass is 194 g/mol. The van der Waals surface area contributed by atoms with Crippen LogP contribution in [0, 0.1) is 0 Å². The van der Waals surface area contributed by atoms with E-state index in [4.69, 9.17) is 0 Å². The molecule has 0 atom stereocenters. The van der Waals surface area contributed by atoms with Crippen LogP contribution in [0.1, 0.15) is 51.4 Å². The first-order valence-corrected chi connectivity index (χ1v) is 5.47. The first-order valence-electron chi connectivity index (χ1n) is 5.47. The number of hydrogen-bond acceptors (Lipinski definition) is 2. The second-order valence-corrected chi connectivity index (χ2v) is 3.87. The molecule has 0 N–H and O–H groups in total. The van der Waals surface area contributed by atoms with E-state index in [9.17, 15) is 9.59 Å². The molecule has 0 aliphatic heterocycles. The molecule has 0 aromatic carbocycles. The largest absolute Gasteiger partial charge is 0.299 e. The van der Waals surface area contributed by atoms with Gasteiger partial charge in [-0.05, 0) is 12.8 Å². The van der Waals surface area contributed by atoms with E-state index < -0.39 is 0 Å². The van der Waals surface area contributed by atoms with Gasteiger partial charge >= 0.3 is 0 Å². The van der Waals surface area contributed by atoms with Crippen molar-refractivity contribution in [2.45, 2.75) is 51.4 Å². The molecule has 0 aromatic rings. The molecule has 0 aromatic heterocycles. The zero-order valence-electron chi connectivity index (χ0n) is 8.63. The van der Waals surface area contributed by atoms with E-state index >= 15 is 0 Å². The number of allylic oxidation sites excluding steroid dienone is 2. The molecule has 0 saturated carbocycles. The molecule has 0 unspecified atom stereocenters. The smallest absolute Gasteiger partial charge is 0.136 e. The maximum atomic E-state index is 11.2. The molecule has 0 fully saturated rings. The van der Waals surface area contributed by atoms with Crippen LogP contribution in [-0.4, -0.2) is 11.6 Å². The lowest BCUT2D eigenvalue weighted by atomic mass is 10.0. The van der Waals surface area contributed by atoms with Crippen molar-refractivity contribution in [3.8, 4) is 0 Å². The maximum Gasteiger partial charge on any atom is 0.136 e. The Morgan fingerprint density at radius 1 is 0.714 bits per heavy atom. The van der Waals surface area contributed by atoms with E-state index in [-0.39, 0.29) is 0 Å². The molecular weight excluding hydrogens is 176 g/mol. The lowest BCUT2D eigenvalue weighted by Gasteiger charge is -2.02. The van der Waals surface area contributed by atoms with Gasteiger partial charge in [-0.15, -0.1) is 0 Å². The van der Waals surface area contributed by atoms with E-state index in [1.807, 2.05) is 12.2 Å². The van der Waals surface area contributed by atoms with Crippen LogP contribution < -0.4 is 0 Å². The minimum Gasteiger partial charge on any atom is -0.299 e. The van der Waals surface area contributed by atoms with Gasteiger partial charge in [0.15, 0.2) is 0 Å². The zero-order valence-corrected chi connectivity index (χ0v) is 8.63. The fourth-order valence-corrected chi connectivity index (χ4v) is 1.63. The summed E-state index contributed by atoms with van der Waals surface area (Å²) in [6.07, 6.45) is 10.2. The van der Waals surface area contributed by atoms with Crippen LogP contribution >= 0.6 is 0 Å². The number of rotatable bonds is 0. The lowest BCUT2D eigenvalue weighted by Crippen LogP contribution is -1.99. The summed E-state index contributed by atoms with van der Waals surface area (Å²) < 4.78 is 0. The van der Waals surface area contributed by atoms with Crippen LogP contribution in [0.25, 0.3) is 0 Å². The van der Waals surface area contributed by atoms with Gasteiger partial charge in [0.05, 0.1) is 0 Å². The minimum absolute atomic E-state index is 0.300. The van der Waals surface area contributed by atoms with Crippen molar-refractivity contribution < 1.29 is 9.59 Å². The Bertz CT molecular complexity index is 204. The third-order valence-electron chi connectivity index (χ3n) is 2.52. The molecule has 78 valence electrons. The molecule has 0 bridgehead atoms. The summed E-state index contributed by atoms with van der Waals surface area (Å²) in [6.45, 7) is 0. The molecule has 0 amide bonds. The van der Waals surface area contributed by atoms with Crippen molar-refractivity contribution in [2.24, 2.45) is 0 Å². The molecule has 0 heterocycles. The first kappa shape index (κ1) is 11.2. The summed E-state index contributed by atoms with van der Waals surface area (Å²) in [4.78, 5) is 22.5. The number of Topliss-reactive ketones (excluding diaryl/α,β-unsaturated/α-hetero) is 2. The number of ketones is 2. The standard InChI is InChI=1S/C12H18O2/c13-11-7-3-1-2-4-8-12(14)10-6-5-9-11/h5-6H,1-4,7-10H2/b6-5-. The van der Waals surface area contributed by atoms with E-state index in [0.717, 1.165) is 25.7 Å². The average Bonchev–Trinajstić information content (AvgIpc) is 2.16. The van der Waals surface area contributed by atoms with Gasteiger partial charge in [0, 0.05) is 25.7 Å². The number of carbonyl (C=O) groups is 2. The third-order valence-corrected chi connectivity index (χ3v) is 2.52. The Morgan fingerprint density at radius 2 is 1.14 bits per heavy atom. The third kappa shape index (κ3) is 4.95. The summed E-state index contributed by atoms with van der Waals surface area (Å²) in [5.41, 5.74) is 0. The van der Waals surface area contributed by atoms with Gasteiger partial charge in [-0.3, -0.25) is 9.59 Å². The van der Waals surface area contributed by atoms with Crippen molar-refractivity contribution >= 4 is 11.6 Å². The molecule has 0 spiro atoms. The minimum atomic E-state index is 0.300. The molecule has 2 nitrogen and oxygen atoms in total. The number of carbonyl (C=O) groups excluding carboxylic acids is 2. The second-order valence-electron chi connectivity index (χ2n) is 3.87. The van der Waals surface area contributed by atoms with Gasteiger partial charge in [-0.2, -0.15) is 0 Å². The molecule has 14 heavy (non-hydrogen) atoms. The Labute approximate surface area is 85.4 Å². The van der Waals surface area contributed by atoms with Crippen molar-refractivity contribution in [1.82, 2.24) is 0 Å². The van der Waals surface area contributed by atoms with Gasteiger partial charge in [-0.25, -0.2) is 0 Å². The van der Waals surface area contributed by atoms with Crippen LogP contribution in [0.15, 0.2) is 12.2 Å². The lowest BCUT2D eigenvalue weighted by molar-refractivity contribution is -0.119. The molecule has 0 radical (unpaired) electrons. The molecule has 2 heteroatoms. The van der Waals surface area contributed by atoms with Crippen LogP contribution in [0.3, 0.4) is 0 Å². The van der Waals surface area contributed by atoms with Gasteiger partial charge in [0.2, 0.25) is 0 Å². The Morgan fingerprint density at radius 3 is 1.57 bits per heavy atom. The molecule has 0 saturated heterocycles. The fraction of sp³-hybridized carbons (Fsp3) is 0.667. The highest BCUT2D eigenvalue weighted by molar-refractivity contribution is 5.81. The summed E-state index contributed by atoms with van der Waals surface area (Å²) >= 11 is 0. The topological polar surface area (TPSA) is 34.1 Å². The summed E-state index contributed by atoms with van der Waals surface area (Å²) in [5.74, 6) is 0.601.